The number of hydrogen-bond donors (Lipinski definition) is 2. The number of aromatic nitrogens is 4. The van der Waals surface area contributed by atoms with Gasteiger partial charge in [-0.25, -0.2) is 4.98 Å². The highest BCUT2D eigenvalue weighted by Crippen LogP contribution is 2.31. The van der Waals surface area contributed by atoms with Gasteiger partial charge < -0.3 is 14.8 Å². The Balaban J connectivity index is 2.14. The molecule has 2 N–H and O–H groups in total. The summed E-state index contributed by atoms with van der Waals surface area (Å²) in [7, 11) is 1.55. The van der Waals surface area contributed by atoms with Crippen LogP contribution in [0.4, 0.5) is 0 Å². The Hall–Kier alpha value is -2.63. The molecule has 0 aliphatic heterocycles. The maximum atomic E-state index is 9.93. The first-order valence-electron chi connectivity index (χ1n) is 5.31. The van der Waals surface area contributed by atoms with E-state index in [1.807, 2.05) is 0 Å². The fraction of sp³-hybridized carbons (Fsp3) is 0.0833. The molecule has 6 nitrogen and oxygen atoms in total. The minimum absolute atomic E-state index is 0.106. The average molecular weight is 242 g/mol. The summed E-state index contributed by atoms with van der Waals surface area (Å²) in [5, 5.41) is 17.5. The Bertz CT molecular complexity index is 675. The number of benzene rings is 1. The number of aromatic hydroxyl groups is 1. The SMILES string of the molecule is COc1ccc(-c2nc3cnncc3[nH]2)c(O)c1. The molecule has 0 unspecified atom stereocenters. The van der Waals surface area contributed by atoms with Crippen molar-refractivity contribution >= 4 is 11.0 Å². The molecule has 0 saturated carbocycles. The first kappa shape index (κ1) is 10.5. The molecular weight excluding hydrogens is 232 g/mol. The van der Waals surface area contributed by atoms with E-state index >= 15 is 0 Å². The van der Waals surface area contributed by atoms with Crippen LogP contribution in [0.15, 0.2) is 30.6 Å². The lowest BCUT2D eigenvalue weighted by Gasteiger charge is -2.04. The van der Waals surface area contributed by atoms with Gasteiger partial charge in [0, 0.05) is 6.07 Å². The van der Waals surface area contributed by atoms with E-state index in [1.54, 1.807) is 37.7 Å². The van der Waals surface area contributed by atoms with E-state index in [9.17, 15) is 5.11 Å². The van der Waals surface area contributed by atoms with Gasteiger partial charge in [0.2, 0.25) is 0 Å². The third kappa shape index (κ3) is 1.64. The van der Waals surface area contributed by atoms with Crippen molar-refractivity contribution in [1.29, 1.82) is 0 Å². The third-order valence-corrected chi connectivity index (χ3v) is 2.65. The van der Waals surface area contributed by atoms with Crippen LogP contribution in [0.1, 0.15) is 0 Å². The van der Waals surface area contributed by atoms with Gasteiger partial charge in [-0.05, 0) is 12.1 Å². The molecule has 0 amide bonds. The van der Waals surface area contributed by atoms with Gasteiger partial charge >= 0.3 is 0 Å². The molecule has 0 saturated heterocycles. The summed E-state index contributed by atoms with van der Waals surface area (Å²) >= 11 is 0. The molecule has 6 heteroatoms. The Morgan fingerprint density at radius 1 is 1.22 bits per heavy atom. The predicted octanol–water partition coefficient (Wildman–Crippen LogP) is 1.73. The van der Waals surface area contributed by atoms with E-state index in [-0.39, 0.29) is 5.75 Å². The molecule has 0 bridgehead atoms. The fourth-order valence-electron chi connectivity index (χ4n) is 1.74. The first-order chi connectivity index (χ1) is 8.78. The number of nitrogens with zero attached hydrogens (tertiary/aromatic N) is 3. The minimum Gasteiger partial charge on any atom is -0.507 e. The lowest BCUT2D eigenvalue weighted by molar-refractivity contribution is 0.408. The highest BCUT2D eigenvalue weighted by molar-refractivity contribution is 5.79. The Kier molecular flexibility index (Phi) is 2.33. The van der Waals surface area contributed by atoms with Crippen LogP contribution in [-0.2, 0) is 0 Å². The summed E-state index contributed by atoms with van der Waals surface area (Å²) in [6, 6.07) is 5.05. The van der Waals surface area contributed by atoms with Crippen molar-refractivity contribution in [3.05, 3.63) is 30.6 Å². The second-order valence-corrected chi connectivity index (χ2v) is 3.76. The van der Waals surface area contributed by atoms with Crippen LogP contribution in [0.3, 0.4) is 0 Å². The molecule has 3 rings (SSSR count). The topological polar surface area (TPSA) is 83.9 Å². The number of fused-ring (bicyclic) bond motifs is 1. The molecule has 0 atom stereocenters. The van der Waals surface area contributed by atoms with Crippen LogP contribution in [0.2, 0.25) is 0 Å². The molecule has 0 fully saturated rings. The average Bonchev–Trinajstić information content (AvgIpc) is 2.81. The highest BCUT2D eigenvalue weighted by Gasteiger charge is 2.10. The predicted molar refractivity (Wildman–Crippen MR) is 65.3 cm³/mol. The monoisotopic (exact) mass is 242 g/mol. The summed E-state index contributed by atoms with van der Waals surface area (Å²) in [5.41, 5.74) is 2.08. The number of hydrogen-bond acceptors (Lipinski definition) is 5. The van der Waals surface area contributed by atoms with Gasteiger partial charge in [0.1, 0.15) is 22.8 Å². The van der Waals surface area contributed by atoms with E-state index < -0.39 is 0 Å². The van der Waals surface area contributed by atoms with Crippen LogP contribution >= 0.6 is 0 Å². The van der Waals surface area contributed by atoms with Gasteiger partial charge in [0.15, 0.2) is 0 Å². The van der Waals surface area contributed by atoms with Crippen molar-refractivity contribution in [2.45, 2.75) is 0 Å². The van der Waals surface area contributed by atoms with Crippen molar-refractivity contribution in [3.8, 4) is 22.9 Å². The molecule has 3 aromatic rings. The number of nitrogens with one attached hydrogen (secondary N) is 1. The minimum atomic E-state index is 0.106. The van der Waals surface area contributed by atoms with E-state index in [0.29, 0.717) is 22.7 Å². The zero-order valence-electron chi connectivity index (χ0n) is 9.58. The smallest absolute Gasteiger partial charge is 0.142 e. The fourth-order valence-corrected chi connectivity index (χ4v) is 1.74. The molecule has 0 spiro atoms. The van der Waals surface area contributed by atoms with Crippen molar-refractivity contribution in [1.82, 2.24) is 20.2 Å². The molecule has 0 aliphatic carbocycles. The summed E-state index contributed by atoms with van der Waals surface area (Å²) in [6.45, 7) is 0. The van der Waals surface area contributed by atoms with Crippen molar-refractivity contribution in [3.63, 3.8) is 0 Å². The van der Waals surface area contributed by atoms with Crippen LogP contribution < -0.4 is 4.74 Å². The summed E-state index contributed by atoms with van der Waals surface area (Å²) in [5.74, 6) is 1.27. The van der Waals surface area contributed by atoms with Crippen molar-refractivity contribution in [2.24, 2.45) is 0 Å². The lowest BCUT2D eigenvalue weighted by Crippen LogP contribution is -1.85. The Morgan fingerprint density at radius 2 is 2.06 bits per heavy atom. The quantitative estimate of drug-likeness (QED) is 0.715. The summed E-state index contributed by atoms with van der Waals surface area (Å²) in [4.78, 5) is 7.42. The van der Waals surface area contributed by atoms with Gasteiger partial charge in [0.25, 0.3) is 0 Å². The maximum Gasteiger partial charge on any atom is 0.142 e. The van der Waals surface area contributed by atoms with E-state index in [1.165, 1.54) is 0 Å². The summed E-state index contributed by atoms with van der Waals surface area (Å²) < 4.78 is 5.03. The second-order valence-electron chi connectivity index (χ2n) is 3.76. The van der Waals surface area contributed by atoms with Gasteiger partial charge in [-0.1, -0.05) is 0 Å². The maximum absolute atomic E-state index is 9.93. The van der Waals surface area contributed by atoms with Gasteiger partial charge in [-0.3, -0.25) is 0 Å². The Morgan fingerprint density at radius 3 is 2.78 bits per heavy atom. The Labute approximate surface area is 102 Å². The van der Waals surface area contributed by atoms with Gasteiger partial charge in [-0.15, -0.1) is 0 Å². The van der Waals surface area contributed by atoms with Crippen molar-refractivity contribution in [2.75, 3.05) is 7.11 Å². The van der Waals surface area contributed by atoms with Gasteiger partial charge in [0.05, 0.1) is 30.6 Å². The largest absolute Gasteiger partial charge is 0.507 e. The molecule has 18 heavy (non-hydrogen) atoms. The normalized spacial score (nSPS) is 10.7. The lowest BCUT2D eigenvalue weighted by atomic mass is 10.2. The summed E-state index contributed by atoms with van der Waals surface area (Å²) in [6.07, 6.45) is 3.16. The number of ether oxygens (including phenoxy) is 1. The van der Waals surface area contributed by atoms with Crippen LogP contribution in [0.5, 0.6) is 11.5 Å². The molecular formula is C12H10N4O2. The molecule has 1 aromatic carbocycles. The highest BCUT2D eigenvalue weighted by atomic mass is 16.5. The zero-order chi connectivity index (χ0) is 12.5. The molecule has 2 heterocycles. The molecule has 2 aromatic heterocycles. The van der Waals surface area contributed by atoms with Crippen LogP contribution in [0, 0.1) is 0 Å². The van der Waals surface area contributed by atoms with Crippen LogP contribution in [-0.4, -0.2) is 32.4 Å². The molecule has 90 valence electrons. The molecule has 0 radical (unpaired) electrons. The van der Waals surface area contributed by atoms with E-state index in [0.717, 1.165) is 5.52 Å². The number of rotatable bonds is 2. The number of methoxy groups -OCH3 is 1. The number of aromatic amines is 1. The first-order valence-corrected chi connectivity index (χ1v) is 5.31. The third-order valence-electron chi connectivity index (χ3n) is 2.65. The number of phenols is 1. The van der Waals surface area contributed by atoms with E-state index in [4.69, 9.17) is 4.74 Å². The standard InChI is InChI=1S/C12H10N4O2/c1-18-7-2-3-8(11(17)4-7)12-15-9-5-13-14-6-10(9)16-12/h2-6,17H,1H3,(H,15,16). The van der Waals surface area contributed by atoms with E-state index in [2.05, 4.69) is 20.2 Å². The number of phenolic OH excluding ortho intramolecular Hbond substituents is 1. The zero-order valence-corrected chi connectivity index (χ0v) is 9.58. The molecule has 0 aliphatic rings. The second kappa shape index (κ2) is 3.99. The van der Waals surface area contributed by atoms with Crippen LogP contribution in [0.25, 0.3) is 22.4 Å². The van der Waals surface area contributed by atoms with Gasteiger partial charge in [-0.2, -0.15) is 10.2 Å². The number of imidazole rings is 1. The number of H-pyrrole nitrogens is 1. The van der Waals surface area contributed by atoms with Crippen molar-refractivity contribution < 1.29 is 9.84 Å².